The number of carbonyl (C=O) groups is 2. The molecule has 0 fully saturated rings. The lowest BCUT2D eigenvalue weighted by Crippen LogP contribution is -2.22. The van der Waals surface area contributed by atoms with Gasteiger partial charge in [0.2, 0.25) is 0 Å². The van der Waals surface area contributed by atoms with E-state index in [4.69, 9.17) is 9.52 Å². The number of aliphatic carboxylic acids is 2. The van der Waals surface area contributed by atoms with Crippen LogP contribution in [0.1, 0.15) is 24.0 Å². The minimum Gasteiger partial charge on any atom is -0.481 e. The summed E-state index contributed by atoms with van der Waals surface area (Å²) in [6.07, 6.45) is -0.344. The van der Waals surface area contributed by atoms with Crippen molar-refractivity contribution >= 4 is 22.9 Å². The van der Waals surface area contributed by atoms with E-state index in [0.717, 1.165) is 16.7 Å². The Morgan fingerprint density at radius 2 is 1.68 bits per heavy atom. The maximum Gasteiger partial charge on any atom is 0.328 e. The Hall–Kier alpha value is -3.41. The fourth-order valence-corrected chi connectivity index (χ4v) is 2.92. The number of fused-ring (bicyclic) bond motifs is 1. The second-order valence-electron chi connectivity index (χ2n) is 6.78. The second-order valence-corrected chi connectivity index (χ2v) is 6.78. The van der Waals surface area contributed by atoms with Gasteiger partial charge in [0.05, 0.1) is 5.36 Å². The molecule has 3 rings (SSSR count). The number of hydrogen-bond acceptors (Lipinski definition) is 4. The average molecular weight is 379 g/mol. The van der Waals surface area contributed by atoms with E-state index in [1.54, 1.807) is 6.07 Å². The molecule has 0 aliphatic rings. The standard InChI is InChI=1S/C22H21NO5/c1-13-3-6-15(7-4-13)20-12-18(16-11-14(2)5-9-19(16)28-20)23-17(22(26)27)8-10-21(24)25/h3-7,9,11-12,17H,8,10H2,1-2H3,(H,24,25)(H,26,27)/t17-/m0/s1. The number of carboxylic acids is 2. The highest BCUT2D eigenvalue weighted by atomic mass is 16.4. The predicted molar refractivity (Wildman–Crippen MR) is 105 cm³/mol. The Balaban J connectivity index is 2.20. The van der Waals surface area contributed by atoms with Gasteiger partial charge in [-0.25, -0.2) is 4.79 Å². The zero-order valence-corrected chi connectivity index (χ0v) is 15.7. The third-order valence-corrected chi connectivity index (χ3v) is 4.45. The normalized spacial score (nSPS) is 12.9. The maximum atomic E-state index is 11.6. The number of carboxylic acid groups (broad SMARTS) is 2. The fourth-order valence-electron chi connectivity index (χ4n) is 2.92. The van der Waals surface area contributed by atoms with Crippen molar-refractivity contribution in [3.05, 3.63) is 65.0 Å². The molecule has 0 spiro atoms. The van der Waals surface area contributed by atoms with Crippen LogP contribution >= 0.6 is 0 Å². The van der Waals surface area contributed by atoms with Gasteiger partial charge in [-0.3, -0.25) is 9.79 Å². The van der Waals surface area contributed by atoms with Crippen molar-refractivity contribution in [3.63, 3.8) is 0 Å². The highest BCUT2D eigenvalue weighted by Gasteiger charge is 2.18. The SMILES string of the molecule is Cc1ccc(-c2cc(=N[C@@H](CCC(=O)O)C(=O)O)c3cc(C)ccc3o2)cc1. The van der Waals surface area contributed by atoms with Crippen molar-refractivity contribution in [2.45, 2.75) is 32.7 Å². The lowest BCUT2D eigenvalue weighted by Gasteiger charge is -2.09. The monoisotopic (exact) mass is 379 g/mol. The van der Waals surface area contributed by atoms with E-state index in [2.05, 4.69) is 4.99 Å². The van der Waals surface area contributed by atoms with E-state index in [-0.39, 0.29) is 12.8 Å². The molecule has 3 aromatic rings. The molecule has 1 aromatic heterocycles. The lowest BCUT2D eigenvalue weighted by atomic mass is 10.1. The summed E-state index contributed by atoms with van der Waals surface area (Å²) in [5.41, 5.74) is 3.54. The van der Waals surface area contributed by atoms with Crippen molar-refractivity contribution in [3.8, 4) is 11.3 Å². The smallest absolute Gasteiger partial charge is 0.328 e. The van der Waals surface area contributed by atoms with Crippen LogP contribution in [-0.2, 0) is 9.59 Å². The summed E-state index contributed by atoms with van der Waals surface area (Å²) in [5.74, 6) is -1.64. The van der Waals surface area contributed by atoms with Gasteiger partial charge in [-0.05, 0) is 32.4 Å². The van der Waals surface area contributed by atoms with Crippen LogP contribution in [0.15, 0.2) is 57.9 Å². The summed E-state index contributed by atoms with van der Waals surface area (Å²) in [6.45, 7) is 3.92. The molecule has 1 atom stereocenters. The van der Waals surface area contributed by atoms with Gasteiger partial charge in [0.25, 0.3) is 0 Å². The van der Waals surface area contributed by atoms with Crippen LogP contribution in [0.2, 0.25) is 0 Å². The van der Waals surface area contributed by atoms with Gasteiger partial charge in [0, 0.05) is 23.4 Å². The number of benzene rings is 2. The first-order chi connectivity index (χ1) is 13.3. The Bertz CT molecular complexity index is 1100. The van der Waals surface area contributed by atoms with Crippen molar-refractivity contribution < 1.29 is 24.2 Å². The number of nitrogens with zero attached hydrogens (tertiary/aromatic N) is 1. The highest BCUT2D eigenvalue weighted by Crippen LogP contribution is 2.23. The third-order valence-electron chi connectivity index (χ3n) is 4.45. The summed E-state index contributed by atoms with van der Waals surface area (Å²) in [6, 6.07) is 14.0. The van der Waals surface area contributed by atoms with Gasteiger partial charge in [-0.1, -0.05) is 41.5 Å². The number of rotatable bonds is 6. The highest BCUT2D eigenvalue weighted by molar-refractivity contribution is 5.80. The summed E-state index contributed by atoms with van der Waals surface area (Å²) in [7, 11) is 0. The second kappa shape index (κ2) is 8.08. The van der Waals surface area contributed by atoms with Crippen molar-refractivity contribution in [2.75, 3.05) is 0 Å². The molecule has 0 amide bonds. The summed E-state index contributed by atoms with van der Waals surface area (Å²) in [5, 5.41) is 19.5. The van der Waals surface area contributed by atoms with Crippen molar-refractivity contribution in [1.82, 2.24) is 0 Å². The minimum atomic E-state index is -1.15. The van der Waals surface area contributed by atoms with Crippen LogP contribution in [0, 0.1) is 13.8 Å². The molecule has 0 radical (unpaired) electrons. The molecule has 6 nitrogen and oxygen atoms in total. The van der Waals surface area contributed by atoms with Gasteiger partial charge in [-0.2, -0.15) is 0 Å². The van der Waals surface area contributed by atoms with Crippen LogP contribution < -0.4 is 5.36 Å². The average Bonchev–Trinajstić information content (AvgIpc) is 2.65. The molecular weight excluding hydrogens is 358 g/mol. The summed E-state index contributed by atoms with van der Waals surface area (Å²) < 4.78 is 6.02. The van der Waals surface area contributed by atoms with E-state index >= 15 is 0 Å². The van der Waals surface area contributed by atoms with Gasteiger partial charge in [0.15, 0.2) is 0 Å². The van der Waals surface area contributed by atoms with Gasteiger partial charge in [0.1, 0.15) is 17.4 Å². The topological polar surface area (TPSA) is 100 Å². The Morgan fingerprint density at radius 3 is 2.32 bits per heavy atom. The molecule has 0 saturated carbocycles. The Morgan fingerprint density at radius 1 is 1.00 bits per heavy atom. The number of aryl methyl sites for hydroxylation is 2. The van der Waals surface area contributed by atoms with Crippen molar-refractivity contribution in [2.24, 2.45) is 4.99 Å². The molecule has 0 bridgehead atoms. The van der Waals surface area contributed by atoms with E-state index in [9.17, 15) is 14.7 Å². The molecule has 0 aliphatic carbocycles. The maximum absolute atomic E-state index is 11.6. The Kier molecular flexibility index (Phi) is 5.59. The summed E-state index contributed by atoms with van der Waals surface area (Å²) >= 11 is 0. The first-order valence-corrected chi connectivity index (χ1v) is 8.93. The lowest BCUT2D eigenvalue weighted by molar-refractivity contribution is -0.139. The quantitative estimate of drug-likeness (QED) is 0.676. The zero-order chi connectivity index (χ0) is 20.3. The first-order valence-electron chi connectivity index (χ1n) is 8.93. The minimum absolute atomic E-state index is 0.0795. The zero-order valence-electron chi connectivity index (χ0n) is 15.7. The van der Waals surface area contributed by atoms with E-state index < -0.39 is 18.0 Å². The molecule has 2 N–H and O–H groups in total. The van der Waals surface area contributed by atoms with Crippen LogP contribution in [0.3, 0.4) is 0 Å². The van der Waals surface area contributed by atoms with Crippen LogP contribution in [-0.4, -0.2) is 28.2 Å². The fraction of sp³-hybridized carbons (Fsp3) is 0.227. The Labute approximate surface area is 161 Å². The van der Waals surface area contributed by atoms with E-state index in [1.165, 1.54) is 0 Å². The molecular formula is C22H21NO5. The molecule has 144 valence electrons. The molecule has 28 heavy (non-hydrogen) atoms. The molecule has 0 unspecified atom stereocenters. The molecule has 0 aliphatic heterocycles. The molecule has 6 heteroatoms. The summed E-state index contributed by atoms with van der Waals surface area (Å²) in [4.78, 5) is 26.8. The van der Waals surface area contributed by atoms with Crippen LogP contribution in [0.5, 0.6) is 0 Å². The predicted octanol–water partition coefficient (Wildman–Crippen LogP) is 3.94. The largest absolute Gasteiger partial charge is 0.481 e. The van der Waals surface area contributed by atoms with Crippen LogP contribution in [0.25, 0.3) is 22.3 Å². The molecule has 1 heterocycles. The van der Waals surface area contributed by atoms with Gasteiger partial charge in [-0.15, -0.1) is 0 Å². The van der Waals surface area contributed by atoms with E-state index in [1.807, 2.05) is 56.3 Å². The third kappa shape index (κ3) is 4.46. The molecule has 0 saturated heterocycles. The van der Waals surface area contributed by atoms with Gasteiger partial charge >= 0.3 is 11.9 Å². The molecule has 2 aromatic carbocycles. The van der Waals surface area contributed by atoms with Gasteiger partial charge < -0.3 is 14.6 Å². The van der Waals surface area contributed by atoms with Crippen molar-refractivity contribution in [1.29, 1.82) is 0 Å². The van der Waals surface area contributed by atoms with E-state index in [0.29, 0.717) is 22.1 Å². The number of hydrogen-bond donors (Lipinski definition) is 2. The van der Waals surface area contributed by atoms with Crippen LogP contribution in [0.4, 0.5) is 0 Å². The first kappa shape index (κ1) is 19.4.